The van der Waals surface area contributed by atoms with E-state index in [4.69, 9.17) is 9.63 Å². The summed E-state index contributed by atoms with van der Waals surface area (Å²) >= 11 is 1.28. The number of aryl methyl sites for hydroxylation is 2. The summed E-state index contributed by atoms with van der Waals surface area (Å²) in [6, 6.07) is 0. The highest BCUT2D eigenvalue weighted by atomic mass is 32.1. The lowest BCUT2D eigenvalue weighted by Gasteiger charge is -1.95. The Morgan fingerprint density at radius 2 is 2.24 bits per heavy atom. The van der Waals surface area contributed by atoms with E-state index >= 15 is 0 Å². The number of rotatable bonds is 4. The number of aromatic nitrogens is 3. The molecule has 0 aromatic carbocycles. The molecule has 0 atom stereocenters. The highest BCUT2D eigenvalue weighted by molar-refractivity contribution is 7.15. The standard InChI is InChI=1S/C9H10N4O3S/c1-4-7(8(14)15)12-9(17-4)10-3-6-11-5(2)16-13-6/h3H2,1-2H3,(H,10,12)(H,14,15). The topological polar surface area (TPSA) is 101 Å². The molecule has 2 heterocycles. The van der Waals surface area contributed by atoms with Crippen molar-refractivity contribution < 1.29 is 14.4 Å². The molecule has 90 valence electrons. The number of carboxylic acid groups (broad SMARTS) is 1. The van der Waals surface area contributed by atoms with Crippen LogP contribution in [0, 0.1) is 13.8 Å². The van der Waals surface area contributed by atoms with Gasteiger partial charge in [-0.15, -0.1) is 11.3 Å². The molecule has 0 bridgehead atoms. The van der Waals surface area contributed by atoms with Crippen LogP contribution in [0.2, 0.25) is 0 Å². The Bertz CT molecular complexity index is 548. The van der Waals surface area contributed by atoms with E-state index in [1.165, 1.54) is 11.3 Å². The highest BCUT2D eigenvalue weighted by Gasteiger charge is 2.14. The molecule has 7 nitrogen and oxygen atoms in total. The maximum Gasteiger partial charge on any atom is 0.355 e. The Balaban J connectivity index is 2.04. The number of thiazole rings is 1. The molecule has 8 heteroatoms. The van der Waals surface area contributed by atoms with Gasteiger partial charge in [-0.1, -0.05) is 5.16 Å². The third kappa shape index (κ3) is 2.59. The molecule has 0 saturated heterocycles. The van der Waals surface area contributed by atoms with Gasteiger partial charge >= 0.3 is 5.97 Å². The van der Waals surface area contributed by atoms with Gasteiger partial charge in [0.15, 0.2) is 16.6 Å². The van der Waals surface area contributed by atoms with Gasteiger partial charge in [0.05, 0.1) is 6.54 Å². The van der Waals surface area contributed by atoms with Crippen molar-refractivity contribution in [2.45, 2.75) is 20.4 Å². The fourth-order valence-electron chi connectivity index (χ4n) is 1.24. The number of hydrogen-bond acceptors (Lipinski definition) is 7. The Hall–Kier alpha value is -1.96. The molecule has 0 unspecified atom stereocenters. The van der Waals surface area contributed by atoms with Crippen LogP contribution in [-0.2, 0) is 6.54 Å². The molecule has 0 saturated carbocycles. The summed E-state index contributed by atoms with van der Waals surface area (Å²) in [5.41, 5.74) is 0.0711. The van der Waals surface area contributed by atoms with E-state index in [1.54, 1.807) is 13.8 Å². The molecule has 0 aliphatic carbocycles. The van der Waals surface area contributed by atoms with Crippen molar-refractivity contribution >= 4 is 22.4 Å². The van der Waals surface area contributed by atoms with Crippen LogP contribution in [0.4, 0.5) is 5.13 Å². The summed E-state index contributed by atoms with van der Waals surface area (Å²) in [7, 11) is 0. The predicted octanol–water partition coefficient (Wildman–Crippen LogP) is 1.45. The smallest absolute Gasteiger partial charge is 0.355 e. The average Bonchev–Trinajstić information content (AvgIpc) is 2.82. The van der Waals surface area contributed by atoms with Crippen LogP contribution in [0.3, 0.4) is 0 Å². The molecule has 0 fully saturated rings. The van der Waals surface area contributed by atoms with E-state index in [0.29, 0.717) is 28.3 Å². The van der Waals surface area contributed by atoms with Crippen molar-refractivity contribution in [2.75, 3.05) is 5.32 Å². The van der Waals surface area contributed by atoms with Crippen molar-refractivity contribution in [3.63, 3.8) is 0 Å². The molecular formula is C9H10N4O3S. The molecule has 0 amide bonds. The Morgan fingerprint density at radius 3 is 2.76 bits per heavy atom. The van der Waals surface area contributed by atoms with Gasteiger partial charge in [-0.2, -0.15) is 4.98 Å². The van der Waals surface area contributed by atoms with Crippen LogP contribution in [0.5, 0.6) is 0 Å². The lowest BCUT2D eigenvalue weighted by atomic mass is 10.4. The first kappa shape index (κ1) is 11.5. The van der Waals surface area contributed by atoms with Crippen molar-refractivity contribution in [3.8, 4) is 0 Å². The maximum atomic E-state index is 10.8. The highest BCUT2D eigenvalue weighted by Crippen LogP contribution is 2.22. The average molecular weight is 254 g/mol. The summed E-state index contributed by atoms with van der Waals surface area (Å²) in [5.74, 6) is -0.0298. The normalized spacial score (nSPS) is 10.5. The summed E-state index contributed by atoms with van der Waals surface area (Å²) in [4.78, 5) is 19.4. The molecule has 2 rings (SSSR count). The molecule has 2 aromatic heterocycles. The van der Waals surface area contributed by atoms with Crippen LogP contribution < -0.4 is 5.32 Å². The summed E-state index contributed by atoms with van der Waals surface area (Å²) in [5, 5.41) is 16.0. The van der Waals surface area contributed by atoms with Crippen molar-refractivity contribution in [1.29, 1.82) is 0 Å². The van der Waals surface area contributed by atoms with Gasteiger partial charge in [0, 0.05) is 11.8 Å². The number of hydrogen-bond donors (Lipinski definition) is 2. The number of nitrogens with zero attached hydrogens (tertiary/aromatic N) is 3. The van der Waals surface area contributed by atoms with E-state index in [-0.39, 0.29) is 5.69 Å². The maximum absolute atomic E-state index is 10.8. The minimum Gasteiger partial charge on any atom is -0.476 e. The quantitative estimate of drug-likeness (QED) is 0.851. The summed E-state index contributed by atoms with van der Waals surface area (Å²) < 4.78 is 4.81. The van der Waals surface area contributed by atoms with Crippen molar-refractivity contribution in [3.05, 3.63) is 22.3 Å². The molecular weight excluding hydrogens is 244 g/mol. The first-order chi connectivity index (χ1) is 8.06. The van der Waals surface area contributed by atoms with E-state index in [0.717, 1.165) is 0 Å². The van der Waals surface area contributed by atoms with Crippen LogP contribution in [-0.4, -0.2) is 26.2 Å². The van der Waals surface area contributed by atoms with Crippen LogP contribution in [0.1, 0.15) is 27.1 Å². The fourth-order valence-corrected chi connectivity index (χ4v) is 2.04. The van der Waals surface area contributed by atoms with Crippen molar-refractivity contribution in [2.24, 2.45) is 0 Å². The van der Waals surface area contributed by atoms with Gasteiger partial charge < -0.3 is 14.9 Å². The molecule has 2 N–H and O–H groups in total. The Morgan fingerprint density at radius 1 is 1.47 bits per heavy atom. The fraction of sp³-hybridized carbons (Fsp3) is 0.333. The second kappa shape index (κ2) is 4.50. The lowest BCUT2D eigenvalue weighted by molar-refractivity contribution is 0.0690. The van der Waals surface area contributed by atoms with E-state index in [1.807, 2.05) is 0 Å². The van der Waals surface area contributed by atoms with E-state index in [2.05, 4.69) is 20.4 Å². The van der Waals surface area contributed by atoms with E-state index < -0.39 is 5.97 Å². The van der Waals surface area contributed by atoms with Crippen LogP contribution in [0.25, 0.3) is 0 Å². The second-order valence-corrected chi connectivity index (χ2v) is 4.52. The predicted molar refractivity (Wildman–Crippen MR) is 60.2 cm³/mol. The first-order valence-corrected chi connectivity index (χ1v) is 5.61. The third-order valence-corrected chi connectivity index (χ3v) is 2.90. The van der Waals surface area contributed by atoms with Crippen LogP contribution >= 0.6 is 11.3 Å². The second-order valence-electron chi connectivity index (χ2n) is 3.31. The lowest BCUT2D eigenvalue weighted by Crippen LogP contribution is -2.02. The Labute approximate surface area is 100 Å². The zero-order valence-corrected chi connectivity index (χ0v) is 10.0. The monoisotopic (exact) mass is 254 g/mol. The van der Waals surface area contributed by atoms with Crippen molar-refractivity contribution in [1.82, 2.24) is 15.1 Å². The van der Waals surface area contributed by atoms with Gasteiger partial charge in [-0.3, -0.25) is 0 Å². The van der Waals surface area contributed by atoms with Gasteiger partial charge in [-0.05, 0) is 6.92 Å². The summed E-state index contributed by atoms with van der Waals surface area (Å²) in [6.45, 7) is 3.76. The molecule has 0 aliphatic rings. The zero-order chi connectivity index (χ0) is 12.4. The summed E-state index contributed by atoms with van der Waals surface area (Å²) in [6.07, 6.45) is 0. The number of carbonyl (C=O) groups is 1. The number of aromatic carboxylic acids is 1. The zero-order valence-electron chi connectivity index (χ0n) is 9.22. The number of carboxylic acids is 1. The van der Waals surface area contributed by atoms with Gasteiger partial charge in [0.25, 0.3) is 0 Å². The SMILES string of the molecule is Cc1nc(CNc2nc(C(=O)O)c(C)s2)no1. The minimum absolute atomic E-state index is 0.0711. The molecule has 2 aromatic rings. The van der Waals surface area contributed by atoms with Crippen LogP contribution in [0.15, 0.2) is 4.52 Å². The molecule has 0 spiro atoms. The van der Waals surface area contributed by atoms with E-state index in [9.17, 15) is 4.79 Å². The van der Waals surface area contributed by atoms with Gasteiger partial charge in [0.1, 0.15) is 0 Å². The van der Waals surface area contributed by atoms with Gasteiger partial charge in [-0.25, -0.2) is 9.78 Å². The largest absolute Gasteiger partial charge is 0.476 e. The number of anilines is 1. The molecule has 0 aliphatic heterocycles. The first-order valence-electron chi connectivity index (χ1n) is 4.80. The molecule has 17 heavy (non-hydrogen) atoms. The third-order valence-electron chi connectivity index (χ3n) is 1.97. The van der Waals surface area contributed by atoms with Gasteiger partial charge in [0.2, 0.25) is 5.89 Å². The molecule has 0 radical (unpaired) electrons. The Kier molecular flexibility index (Phi) is 3.05. The minimum atomic E-state index is -1.03. The number of nitrogens with one attached hydrogen (secondary N) is 1.